The first-order valence-electron chi connectivity index (χ1n) is 11.5. The lowest BCUT2D eigenvalue weighted by atomic mass is 10.2. The third kappa shape index (κ3) is 6.23. The van der Waals surface area contributed by atoms with Crippen LogP contribution in [0.3, 0.4) is 0 Å². The molecule has 1 aromatic carbocycles. The molecule has 0 aliphatic carbocycles. The van der Waals surface area contributed by atoms with E-state index in [2.05, 4.69) is 20.4 Å². The van der Waals surface area contributed by atoms with Crippen molar-refractivity contribution >= 4 is 23.2 Å². The number of alkyl halides is 6. The minimum Gasteiger partial charge on any atom is -0.488 e. The lowest BCUT2D eigenvalue weighted by Crippen LogP contribution is -2.51. The van der Waals surface area contributed by atoms with Crippen molar-refractivity contribution in [2.24, 2.45) is 0 Å². The van der Waals surface area contributed by atoms with Crippen LogP contribution in [-0.2, 0) is 17.1 Å². The molecule has 1 fully saturated rings. The number of nitrogens with zero attached hydrogens (tertiary/aromatic N) is 5. The van der Waals surface area contributed by atoms with Gasteiger partial charge in [-0.1, -0.05) is 6.07 Å². The fraction of sp³-hybridized carbons (Fsp3) is 0.348. The van der Waals surface area contributed by atoms with Crippen molar-refractivity contribution in [2.45, 2.75) is 25.3 Å². The number of piperazine rings is 1. The summed E-state index contributed by atoms with van der Waals surface area (Å²) >= 11 is 0. The Labute approximate surface area is 220 Å². The van der Waals surface area contributed by atoms with Gasteiger partial charge in [0.1, 0.15) is 18.7 Å². The number of carbonyl (C=O) groups excluding carboxylic acids is 1. The van der Waals surface area contributed by atoms with Gasteiger partial charge in [0.15, 0.2) is 11.6 Å². The van der Waals surface area contributed by atoms with Crippen molar-refractivity contribution < 1.29 is 40.3 Å². The van der Waals surface area contributed by atoms with Crippen LogP contribution in [0.2, 0.25) is 0 Å². The molecule has 0 unspecified atom stereocenters. The summed E-state index contributed by atoms with van der Waals surface area (Å²) in [6.07, 6.45) is -7.56. The van der Waals surface area contributed by atoms with E-state index in [1.165, 1.54) is 30.0 Å². The van der Waals surface area contributed by atoms with Gasteiger partial charge in [0.2, 0.25) is 11.9 Å². The number of anilines is 3. The Kier molecular flexibility index (Phi) is 7.84. The number of hydrogen-bond donors (Lipinski definition) is 2. The van der Waals surface area contributed by atoms with Crippen LogP contribution >= 0.6 is 0 Å². The molecule has 10 nitrogen and oxygen atoms in total. The highest BCUT2D eigenvalue weighted by Crippen LogP contribution is 2.33. The Bertz CT molecular complexity index is 1430. The number of halogens is 7. The molecule has 0 bridgehead atoms. The van der Waals surface area contributed by atoms with Gasteiger partial charge < -0.3 is 19.9 Å². The summed E-state index contributed by atoms with van der Waals surface area (Å²) in [7, 11) is 0. The highest BCUT2D eigenvalue weighted by atomic mass is 19.4. The van der Waals surface area contributed by atoms with Gasteiger partial charge >= 0.3 is 12.4 Å². The minimum absolute atomic E-state index is 0.0443. The van der Waals surface area contributed by atoms with Gasteiger partial charge in [0, 0.05) is 25.5 Å². The molecule has 4 rings (SSSR count). The second-order valence-corrected chi connectivity index (χ2v) is 8.67. The lowest BCUT2D eigenvalue weighted by Gasteiger charge is -2.34. The van der Waals surface area contributed by atoms with Crippen LogP contribution in [-0.4, -0.2) is 58.4 Å². The molecule has 0 saturated carbocycles. The van der Waals surface area contributed by atoms with Gasteiger partial charge in [-0.25, -0.2) is 19.5 Å². The molecule has 1 amide bonds. The minimum atomic E-state index is -4.95. The molecule has 1 saturated heterocycles. The summed E-state index contributed by atoms with van der Waals surface area (Å²) < 4.78 is 98.7. The fourth-order valence-electron chi connectivity index (χ4n) is 3.86. The van der Waals surface area contributed by atoms with Crippen molar-refractivity contribution in [3.05, 3.63) is 64.1 Å². The fourth-order valence-corrected chi connectivity index (χ4v) is 3.86. The van der Waals surface area contributed by atoms with Crippen molar-refractivity contribution in [1.29, 1.82) is 0 Å². The van der Waals surface area contributed by atoms with E-state index in [-0.39, 0.29) is 43.6 Å². The van der Waals surface area contributed by atoms with E-state index in [1.54, 1.807) is 5.10 Å². The maximum atomic E-state index is 15.3. The topological polar surface area (TPSA) is 116 Å². The second kappa shape index (κ2) is 11.0. The number of aromatic amines is 1. The number of benzene rings is 1. The number of ether oxygens (including phenoxy) is 1. The molecule has 1 aliphatic heterocycles. The average Bonchev–Trinajstić information content (AvgIpc) is 2.87. The molecule has 2 N–H and O–H groups in total. The van der Waals surface area contributed by atoms with Gasteiger partial charge in [-0.05, 0) is 19.1 Å². The summed E-state index contributed by atoms with van der Waals surface area (Å²) in [5.41, 5.74) is -4.66. The third-order valence-corrected chi connectivity index (χ3v) is 5.73. The Morgan fingerprint density at radius 3 is 2.38 bits per heavy atom. The SMILES string of the molecule is C[C@@H](COc1cccc(N2CCN(c3ncc(C(F)(F)F)cn3)CC2=O)c1F)Nc1cn[nH]c(=O)c1C(F)(F)F. The molecule has 214 valence electrons. The van der Waals surface area contributed by atoms with Crippen LogP contribution in [0, 0.1) is 5.82 Å². The largest absolute Gasteiger partial charge is 0.488 e. The number of rotatable bonds is 7. The third-order valence-electron chi connectivity index (χ3n) is 5.73. The first kappa shape index (κ1) is 28.6. The van der Waals surface area contributed by atoms with E-state index in [4.69, 9.17) is 4.74 Å². The number of nitrogens with one attached hydrogen (secondary N) is 2. The number of carbonyl (C=O) groups is 1. The standard InChI is InChI=1S/C23H20F7N7O3/c1-12(34-14-9-33-35-20(39)18(14)23(28,29)30)11-40-16-4-2-3-15(19(16)24)37-6-5-36(10-17(37)38)21-31-7-13(8-32-21)22(25,26)27/h2-4,7-9,12H,5-6,10-11H2,1H3,(H2,34,35,39)/t12-/m0/s1. The van der Waals surface area contributed by atoms with E-state index in [9.17, 15) is 35.9 Å². The molecule has 40 heavy (non-hydrogen) atoms. The van der Waals surface area contributed by atoms with Crippen LogP contribution in [0.25, 0.3) is 0 Å². The number of amides is 1. The van der Waals surface area contributed by atoms with Gasteiger partial charge in [-0.3, -0.25) is 9.59 Å². The van der Waals surface area contributed by atoms with Gasteiger partial charge in [-0.15, -0.1) is 0 Å². The summed E-state index contributed by atoms with van der Waals surface area (Å²) in [4.78, 5) is 34.2. The van der Waals surface area contributed by atoms with E-state index in [1.807, 2.05) is 0 Å². The smallest absolute Gasteiger partial charge is 0.423 e. The highest BCUT2D eigenvalue weighted by molar-refractivity contribution is 5.97. The van der Waals surface area contributed by atoms with Crippen molar-refractivity contribution in [1.82, 2.24) is 20.2 Å². The zero-order chi connectivity index (χ0) is 29.2. The maximum absolute atomic E-state index is 15.3. The van der Waals surface area contributed by atoms with Gasteiger partial charge in [0.05, 0.1) is 29.2 Å². The highest BCUT2D eigenvalue weighted by Gasteiger charge is 2.38. The molecular formula is C23H20F7N7O3. The Morgan fingerprint density at radius 1 is 1.05 bits per heavy atom. The molecule has 0 spiro atoms. The zero-order valence-corrected chi connectivity index (χ0v) is 20.5. The van der Waals surface area contributed by atoms with Gasteiger partial charge in [0.25, 0.3) is 5.56 Å². The molecule has 1 atom stereocenters. The van der Waals surface area contributed by atoms with Crippen molar-refractivity contribution in [2.75, 3.05) is 41.4 Å². The van der Waals surface area contributed by atoms with Gasteiger partial charge in [-0.2, -0.15) is 31.4 Å². The van der Waals surface area contributed by atoms with E-state index in [0.717, 1.165) is 11.1 Å². The Morgan fingerprint density at radius 2 is 1.75 bits per heavy atom. The summed E-state index contributed by atoms with van der Waals surface area (Å²) in [5.74, 6) is -1.87. The van der Waals surface area contributed by atoms with E-state index >= 15 is 4.39 Å². The van der Waals surface area contributed by atoms with Crippen LogP contribution in [0.1, 0.15) is 18.1 Å². The number of aromatic nitrogens is 4. The first-order chi connectivity index (χ1) is 18.8. The molecular weight excluding hydrogens is 555 g/mol. The summed E-state index contributed by atoms with van der Waals surface area (Å²) in [6.45, 7) is 0.834. The Hall–Kier alpha value is -4.44. The van der Waals surface area contributed by atoms with Crippen molar-refractivity contribution in [3.63, 3.8) is 0 Å². The van der Waals surface area contributed by atoms with Crippen LogP contribution in [0.5, 0.6) is 5.75 Å². The summed E-state index contributed by atoms with van der Waals surface area (Å²) in [5, 5.41) is 7.54. The molecule has 2 aromatic heterocycles. The molecule has 3 aromatic rings. The molecule has 1 aliphatic rings. The monoisotopic (exact) mass is 575 g/mol. The average molecular weight is 575 g/mol. The predicted octanol–water partition coefficient (Wildman–Crippen LogP) is 3.47. The van der Waals surface area contributed by atoms with Crippen LogP contribution in [0.15, 0.2) is 41.6 Å². The Balaban J connectivity index is 1.41. The first-order valence-corrected chi connectivity index (χ1v) is 11.5. The van der Waals surface area contributed by atoms with Crippen molar-refractivity contribution in [3.8, 4) is 5.75 Å². The maximum Gasteiger partial charge on any atom is 0.423 e. The van der Waals surface area contributed by atoms with E-state index < -0.39 is 52.5 Å². The predicted molar refractivity (Wildman–Crippen MR) is 126 cm³/mol. The lowest BCUT2D eigenvalue weighted by molar-refractivity contribution is -0.139. The second-order valence-electron chi connectivity index (χ2n) is 8.67. The molecule has 0 radical (unpaired) electrons. The summed E-state index contributed by atoms with van der Waals surface area (Å²) in [6, 6.07) is 3.16. The zero-order valence-electron chi connectivity index (χ0n) is 20.5. The molecule has 17 heteroatoms. The number of H-pyrrole nitrogens is 1. The normalized spacial score (nSPS) is 15.2. The van der Waals surface area contributed by atoms with E-state index in [0.29, 0.717) is 12.4 Å². The number of hydrogen-bond acceptors (Lipinski definition) is 8. The molecule has 3 heterocycles. The van der Waals surface area contributed by atoms with Crippen LogP contribution in [0.4, 0.5) is 48.1 Å². The van der Waals surface area contributed by atoms with Crippen LogP contribution < -0.4 is 25.4 Å². The quantitative estimate of drug-likeness (QED) is 0.412.